The molecule has 2 rings (SSSR count). The molecule has 0 amide bonds. The summed E-state index contributed by atoms with van der Waals surface area (Å²) in [7, 11) is -2.35. The Morgan fingerprint density at radius 3 is 2.62 bits per heavy atom. The predicted molar refractivity (Wildman–Crippen MR) is 81.2 cm³/mol. The first kappa shape index (κ1) is 16.1. The van der Waals surface area contributed by atoms with Crippen molar-refractivity contribution in [2.24, 2.45) is 0 Å². The fourth-order valence-electron chi connectivity index (χ4n) is 1.51. The second-order valence-corrected chi connectivity index (χ2v) is 7.30. The quantitative estimate of drug-likeness (QED) is 0.521. The lowest BCUT2D eigenvalue weighted by Crippen LogP contribution is -2.00. The normalized spacial score (nSPS) is 11.4. The van der Waals surface area contributed by atoms with Gasteiger partial charge in [-0.1, -0.05) is 0 Å². The third-order valence-electron chi connectivity index (χ3n) is 2.62. The van der Waals surface area contributed by atoms with Gasteiger partial charge in [0.1, 0.15) is 11.4 Å². The Bertz CT molecular complexity index is 781. The fourth-order valence-corrected chi connectivity index (χ4v) is 3.02. The monoisotopic (exact) mass is 346 g/mol. The maximum absolute atomic E-state index is 13.9. The van der Waals surface area contributed by atoms with Gasteiger partial charge in [0.25, 0.3) is 0 Å². The molecule has 0 saturated heterocycles. The van der Waals surface area contributed by atoms with Crippen LogP contribution in [0.15, 0.2) is 34.4 Å². The van der Waals surface area contributed by atoms with Crippen molar-refractivity contribution in [1.29, 1.82) is 0 Å². The minimum atomic E-state index is -3.47. The molecule has 112 valence electrons. The molecular weight excluding hydrogens is 335 g/mol. The van der Waals surface area contributed by atoms with Gasteiger partial charge < -0.3 is 4.74 Å². The summed E-state index contributed by atoms with van der Waals surface area (Å²) in [5.74, 6) is -0.706. The van der Waals surface area contributed by atoms with E-state index in [0.717, 1.165) is 23.1 Å². The Labute approximate surface area is 130 Å². The molecule has 0 aliphatic rings. The van der Waals surface area contributed by atoms with Crippen molar-refractivity contribution in [3.05, 3.63) is 35.9 Å². The number of thiol groups is 1. The van der Waals surface area contributed by atoms with Crippen LogP contribution in [-0.4, -0.2) is 24.6 Å². The van der Waals surface area contributed by atoms with Gasteiger partial charge in [-0.15, -0.1) is 11.7 Å². The van der Waals surface area contributed by atoms with Crippen LogP contribution in [0.1, 0.15) is 5.56 Å². The van der Waals surface area contributed by atoms with Gasteiger partial charge in [0.05, 0.1) is 4.90 Å². The van der Waals surface area contributed by atoms with Crippen LogP contribution in [0.3, 0.4) is 0 Å². The van der Waals surface area contributed by atoms with Gasteiger partial charge >= 0.3 is 0 Å². The minimum absolute atomic E-state index is 0.112. The zero-order chi connectivity index (χ0) is 15.6. The largest absolute Gasteiger partial charge is 0.436 e. The molecule has 0 spiro atoms. The molecule has 0 fully saturated rings. The lowest BCUT2D eigenvalue weighted by molar-refractivity contribution is 0.420. The molecule has 0 bridgehead atoms. The Hall–Kier alpha value is -1.32. The molecule has 2 aromatic rings. The van der Waals surface area contributed by atoms with Crippen LogP contribution in [0.2, 0.25) is 0 Å². The van der Waals surface area contributed by atoms with Crippen molar-refractivity contribution in [2.75, 3.05) is 6.26 Å². The first-order valence-corrected chi connectivity index (χ1v) is 9.39. The number of ether oxygens (including phenoxy) is 1. The molecule has 0 N–H and O–H groups in total. The molecule has 1 aromatic heterocycles. The second kappa shape index (κ2) is 6.20. The number of rotatable bonds is 4. The summed E-state index contributed by atoms with van der Waals surface area (Å²) in [4.78, 5) is 7.81. The first-order chi connectivity index (χ1) is 9.82. The van der Waals surface area contributed by atoms with Gasteiger partial charge in [0.15, 0.2) is 21.4 Å². The van der Waals surface area contributed by atoms with Crippen molar-refractivity contribution in [3.63, 3.8) is 0 Å². The van der Waals surface area contributed by atoms with E-state index in [0.29, 0.717) is 10.6 Å². The maximum Gasteiger partial charge on any atom is 0.226 e. The van der Waals surface area contributed by atoms with E-state index in [1.807, 2.05) is 0 Å². The summed E-state index contributed by atoms with van der Waals surface area (Å²) in [6.45, 7) is 1.72. The van der Waals surface area contributed by atoms with Crippen molar-refractivity contribution in [1.82, 2.24) is 9.97 Å². The molecule has 0 aliphatic heterocycles. The summed E-state index contributed by atoms with van der Waals surface area (Å²) in [6.07, 6.45) is 2.29. The van der Waals surface area contributed by atoms with Crippen LogP contribution in [0.25, 0.3) is 0 Å². The van der Waals surface area contributed by atoms with E-state index in [1.54, 1.807) is 6.92 Å². The highest BCUT2D eigenvalue weighted by Crippen LogP contribution is 2.31. The number of benzene rings is 1. The van der Waals surface area contributed by atoms with Crippen LogP contribution in [0.4, 0.5) is 4.39 Å². The summed E-state index contributed by atoms with van der Waals surface area (Å²) in [5.41, 5.74) is 0.615. The third kappa shape index (κ3) is 3.66. The standard InChI is InChI=1S/C12H11FN2O3S3/c1-7-11(14-6-15-12(7)20-19)18-10-4-3-8(5-9(10)13)21(2,16)17/h3-6,19H,1-2H3. The molecule has 5 nitrogen and oxygen atoms in total. The van der Waals surface area contributed by atoms with Gasteiger partial charge in [-0.2, -0.15) is 0 Å². The molecule has 0 unspecified atom stereocenters. The van der Waals surface area contributed by atoms with Gasteiger partial charge in [0.2, 0.25) is 5.88 Å². The molecular formula is C12H11FN2O3S3. The van der Waals surface area contributed by atoms with E-state index >= 15 is 0 Å². The average Bonchev–Trinajstić information content (AvgIpc) is 2.42. The lowest BCUT2D eigenvalue weighted by Gasteiger charge is -2.10. The van der Waals surface area contributed by atoms with E-state index in [9.17, 15) is 12.8 Å². The maximum atomic E-state index is 13.9. The Morgan fingerprint density at radius 1 is 1.33 bits per heavy atom. The van der Waals surface area contributed by atoms with E-state index in [1.165, 1.54) is 18.5 Å². The van der Waals surface area contributed by atoms with Gasteiger partial charge in [-0.25, -0.2) is 22.8 Å². The number of hydrogen-bond donors (Lipinski definition) is 1. The Morgan fingerprint density at radius 2 is 2.05 bits per heavy atom. The summed E-state index contributed by atoms with van der Waals surface area (Å²) < 4.78 is 42.0. The number of nitrogens with zero attached hydrogens (tertiary/aromatic N) is 2. The molecule has 21 heavy (non-hydrogen) atoms. The Balaban J connectivity index is 2.37. The van der Waals surface area contributed by atoms with Crippen molar-refractivity contribution >= 4 is 32.3 Å². The summed E-state index contributed by atoms with van der Waals surface area (Å²) in [5, 5.41) is 0.594. The Kier molecular flexibility index (Phi) is 4.74. The van der Waals surface area contributed by atoms with Crippen LogP contribution >= 0.6 is 22.5 Å². The topological polar surface area (TPSA) is 69.2 Å². The van der Waals surface area contributed by atoms with E-state index in [2.05, 4.69) is 21.6 Å². The van der Waals surface area contributed by atoms with Crippen molar-refractivity contribution < 1.29 is 17.5 Å². The summed E-state index contributed by atoms with van der Waals surface area (Å²) in [6, 6.07) is 3.44. The first-order valence-electron chi connectivity index (χ1n) is 5.63. The predicted octanol–water partition coefficient (Wildman–Crippen LogP) is 3.06. The van der Waals surface area contributed by atoms with E-state index in [-0.39, 0.29) is 16.5 Å². The van der Waals surface area contributed by atoms with Crippen LogP contribution in [0, 0.1) is 12.7 Å². The fraction of sp³-hybridized carbons (Fsp3) is 0.167. The highest BCUT2D eigenvalue weighted by molar-refractivity contribution is 8.68. The lowest BCUT2D eigenvalue weighted by atomic mass is 10.3. The van der Waals surface area contributed by atoms with Crippen molar-refractivity contribution in [3.8, 4) is 11.6 Å². The van der Waals surface area contributed by atoms with Gasteiger partial charge in [0, 0.05) is 11.8 Å². The zero-order valence-electron chi connectivity index (χ0n) is 11.1. The molecule has 1 aromatic carbocycles. The highest BCUT2D eigenvalue weighted by atomic mass is 33.1. The molecule has 0 atom stereocenters. The number of halogens is 1. The molecule has 1 heterocycles. The molecule has 0 aliphatic carbocycles. The van der Waals surface area contributed by atoms with Crippen LogP contribution in [0.5, 0.6) is 11.6 Å². The van der Waals surface area contributed by atoms with E-state index in [4.69, 9.17) is 4.74 Å². The molecule has 9 heteroatoms. The van der Waals surface area contributed by atoms with E-state index < -0.39 is 15.7 Å². The van der Waals surface area contributed by atoms with Gasteiger partial charge in [-0.3, -0.25) is 0 Å². The summed E-state index contributed by atoms with van der Waals surface area (Å²) >= 11 is 4.05. The third-order valence-corrected chi connectivity index (χ3v) is 4.83. The second-order valence-electron chi connectivity index (χ2n) is 4.17. The molecule has 0 radical (unpaired) electrons. The van der Waals surface area contributed by atoms with Crippen LogP contribution < -0.4 is 4.74 Å². The SMILES string of the molecule is Cc1c(Oc2ccc(S(C)(=O)=O)cc2F)ncnc1SS. The highest BCUT2D eigenvalue weighted by Gasteiger charge is 2.15. The average molecular weight is 346 g/mol. The number of aromatic nitrogens is 2. The minimum Gasteiger partial charge on any atom is -0.436 e. The zero-order valence-corrected chi connectivity index (χ0v) is 13.6. The smallest absolute Gasteiger partial charge is 0.226 e. The molecule has 0 saturated carbocycles. The number of hydrogen-bond acceptors (Lipinski definition) is 7. The number of sulfone groups is 1. The van der Waals surface area contributed by atoms with Crippen LogP contribution in [-0.2, 0) is 9.84 Å². The van der Waals surface area contributed by atoms with Gasteiger partial charge in [-0.05, 0) is 35.9 Å². The van der Waals surface area contributed by atoms with Crippen molar-refractivity contribution in [2.45, 2.75) is 16.8 Å².